The summed E-state index contributed by atoms with van der Waals surface area (Å²) in [7, 11) is 1.41. The summed E-state index contributed by atoms with van der Waals surface area (Å²) in [6.07, 6.45) is 0. The van der Waals surface area contributed by atoms with Crippen LogP contribution in [0.5, 0.6) is 11.5 Å². The molecule has 21 heavy (non-hydrogen) atoms. The molecule has 0 radical (unpaired) electrons. The molecule has 0 saturated carbocycles. The van der Waals surface area contributed by atoms with Crippen LogP contribution in [0.4, 0.5) is 5.69 Å². The lowest BCUT2D eigenvalue weighted by molar-refractivity contribution is 0.0787. The average molecular weight is 281 g/mol. The van der Waals surface area contributed by atoms with Gasteiger partial charge in [-0.05, 0) is 22.9 Å². The van der Waals surface area contributed by atoms with Gasteiger partial charge in [-0.1, -0.05) is 24.3 Å². The summed E-state index contributed by atoms with van der Waals surface area (Å²) < 4.78 is 0. The molecule has 1 heterocycles. The fraction of sp³-hybridized carbons (Fsp3) is 0.0625. The number of rotatable bonds is 1. The van der Waals surface area contributed by atoms with Gasteiger partial charge in [-0.25, -0.2) is 0 Å². The van der Waals surface area contributed by atoms with E-state index in [-0.39, 0.29) is 17.4 Å². The Morgan fingerprint density at radius 2 is 1.86 bits per heavy atom. The smallest absolute Gasteiger partial charge is 0.283 e. The van der Waals surface area contributed by atoms with Crippen molar-refractivity contribution in [3.05, 3.63) is 42.0 Å². The van der Waals surface area contributed by atoms with Crippen LogP contribution in [-0.2, 0) is 4.84 Å². The Balaban J connectivity index is 2.32. The highest BCUT2D eigenvalue weighted by Crippen LogP contribution is 2.48. The molecule has 3 aromatic rings. The molecule has 1 aliphatic rings. The standard InChI is InChI=1S/C16H11NO4/c1-21-17-11-6-8-4-2-3-5-9(8)14-13(11)10(16(17)20)7-12(18)15(14)19/h2-7,18-19H,1H3. The van der Waals surface area contributed by atoms with E-state index >= 15 is 0 Å². The van der Waals surface area contributed by atoms with Crippen LogP contribution in [0.15, 0.2) is 36.4 Å². The quantitative estimate of drug-likeness (QED) is 0.531. The van der Waals surface area contributed by atoms with Crippen molar-refractivity contribution in [3.8, 4) is 11.5 Å². The van der Waals surface area contributed by atoms with E-state index in [9.17, 15) is 15.0 Å². The zero-order valence-electron chi connectivity index (χ0n) is 11.1. The number of aromatic hydroxyl groups is 2. The van der Waals surface area contributed by atoms with Crippen molar-refractivity contribution in [2.45, 2.75) is 0 Å². The second-order valence-corrected chi connectivity index (χ2v) is 4.94. The molecule has 0 bridgehead atoms. The van der Waals surface area contributed by atoms with E-state index in [2.05, 4.69) is 0 Å². The molecule has 0 atom stereocenters. The summed E-state index contributed by atoms with van der Waals surface area (Å²) in [5, 5.41) is 24.0. The maximum Gasteiger partial charge on any atom is 0.283 e. The Hall–Kier alpha value is -2.79. The van der Waals surface area contributed by atoms with Gasteiger partial charge in [-0.3, -0.25) is 9.63 Å². The molecular weight excluding hydrogens is 270 g/mol. The summed E-state index contributed by atoms with van der Waals surface area (Å²) in [6.45, 7) is 0. The third-order valence-electron chi connectivity index (χ3n) is 3.87. The summed E-state index contributed by atoms with van der Waals surface area (Å²) in [5.41, 5.74) is 0.893. The fourth-order valence-electron chi connectivity index (χ4n) is 2.99. The van der Waals surface area contributed by atoms with Crippen LogP contribution < -0.4 is 5.06 Å². The maximum absolute atomic E-state index is 12.4. The van der Waals surface area contributed by atoms with Gasteiger partial charge in [0.05, 0.1) is 18.4 Å². The van der Waals surface area contributed by atoms with Gasteiger partial charge in [0, 0.05) is 10.8 Å². The van der Waals surface area contributed by atoms with Gasteiger partial charge in [0.15, 0.2) is 11.5 Å². The van der Waals surface area contributed by atoms with Crippen LogP contribution >= 0.6 is 0 Å². The average Bonchev–Trinajstić information content (AvgIpc) is 2.75. The van der Waals surface area contributed by atoms with Crippen LogP contribution in [0.1, 0.15) is 10.4 Å². The zero-order chi connectivity index (χ0) is 14.7. The molecule has 1 aliphatic heterocycles. The van der Waals surface area contributed by atoms with Crippen LogP contribution in [0.2, 0.25) is 0 Å². The molecule has 4 rings (SSSR count). The molecule has 3 aromatic carbocycles. The number of carbonyl (C=O) groups excluding carboxylic acids is 1. The Kier molecular flexibility index (Phi) is 2.21. The first-order valence-corrected chi connectivity index (χ1v) is 6.42. The van der Waals surface area contributed by atoms with E-state index in [4.69, 9.17) is 4.84 Å². The zero-order valence-corrected chi connectivity index (χ0v) is 11.1. The number of phenolic OH excluding ortho intramolecular Hbond substituents is 2. The number of fused-ring (bicyclic) bond motifs is 2. The highest BCUT2D eigenvalue weighted by Gasteiger charge is 2.33. The van der Waals surface area contributed by atoms with E-state index in [0.717, 1.165) is 10.8 Å². The predicted octanol–water partition coefficient (Wildman–Crippen LogP) is 2.93. The minimum Gasteiger partial charge on any atom is -0.504 e. The van der Waals surface area contributed by atoms with Gasteiger partial charge < -0.3 is 10.2 Å². The third-order valence-corrected chi connectivity index (χ3v) is 3.87. The van der Waals surface area contributed by atoms with Crippen LogP contribution in [0.3, 0.4) is 0 Å². The van der Waals surface area contributed by atoms with Crippen molar-refractivity contribution in [3.63, 3.8) is 0 Å². The molecule has 0 unspecified atom stereocenters. The molecular formula is C16H11NO4. The molecule has 104 valence electrons. The summed E-state index contributed by atoms with van der Waals surface area (Å²) in [6, 6.07) is 10.6. The van der Waals surface area contributed by atoms with Gasteiger partial charge in [0.1, 0.15) is 0 Å². The minimum atomic E-state index is -0.358. The molecule has 1 amide bonds. The number of nitrogens with zero attached hydrogens (tertiary/aromatic N) is 1. The Labute approximate surface area is 119 Å². The van der Waals surface area contributed by atoms with E-state index in [1.807, 2.05) is 30.3 Å². The highest BCUT2D eigenvalue weighted by atomic mass is 16.7. The maximum atomic E-state index is 12.4. The van der Waals surface area contributed by atoms with Crippen molar-refractivity contribution in [2.75, 3.05) is 12.2 Å². The number of hydroxylamine groups is 1. The molecule has 5 nitrogen and oxygen atoms in total. The highest BCUT2D eigenvalue weighted by molar-refractivity contribution is 6.30. The Morgan fingerprint density at radius 3 is 2.62 bits per heavy atom. The molecule has 0 spiro atoms. The van der Waals surface area contributed by atoms with Crippen LogP contribution in [0.25, 0.3) is 21.5 Å². The van der Waals surface area contributed by atoms with E-state index < -0.39 is 0 Å². The molecule has 0 aromatic heterocycles. The summed E-state index contributed by atoms with van der Waals surface area (Å²) >= 11 is 0. The number of carbonyl (C=O) groups is 1. The second kappa shape index (κ2) is 3.86. The van der Waals surface area contributed by atoms with Gasteiger partial charge in [-0.15, -0.1) is 0 Å². The lowest BCUT2D eigenvalue weighted by atomic mass is 9.97. The number of benzene rings is 3. The molecule has 2 N–H and O–H groups in total. The van der Waals surface area contributed by atoms with Gasteiger partial charge in [0.2, 0.25) is 0 Å². The molecule has 5 heteroatoms. The van der Waals surface area contributed by atoms with Gasteiger partial charge in [-0.2, -0.15) is 5.06 Å². The predicted molar refractivity (Wildman–Crippen MR) is 78.6 cm³/mol. The molecule has 0 saturated heterocycles. The van der Waals surface area contributed by atoms with E-state index in [0.29, 0.717) is 22.0 Å². The topological polar surface area (TPSA) is 70.0 Å². The lowest BCUT2D eigenvalue weighted by Gasteiger charge is -2.14. The SMILES string of the molecule is CON1C(=O)c2cc(O)c(O)c3c2c1cc1ccccc13. The third kappa shape index (κ3) is 1.35. The van der Waals surface area contributed by atoms with Crippen LogP contribution in [0, 0.1) is 0 Å². The van der Waals surface area contributed by atoms with Crippen molar-refractivity contribution >= 4 is 33.1 Å². The van der Waals surface area contributed by atoms with Gasteiger partial charge >= 0.3 is 0 Å². The lowest BCUT2D eigenvalue weighted by Crippen LogP contribution is -2.24. The van der Waals surface area contributed by atoms with Crippen molar-refractivity contribution in [1.82, 2.24) is 0 Å². The van der Waals surface area contributed by atoms with E-state index in [1.54, 1.807) is 0 Å². The normalized spacial score (nSPS) is 13.6. The van der Waals surface area contributed by atoms with Crippen LogP contribution in [-0.4, -0.2) is 23.2 Å². The Morgan fingerprint density at radius 1 is 1.10 bits per heavy atom. The first-order valence-electron chi connectivity index (χ1n) is 6.42. The molecule has 0 fully saturated rings. The number of anilines is 1. The largest absolute Gasteiger partial charge is 0.504 e. The summed E-state index contributed by atoms with van der Waals surface area (Å²) in [5.74, 6) is -0.897. The summed E-state index contributed by atoms with van der Waals surface area (Å²) in [4.78, 5) is 17.5. The number of hydrogen-bond acceptors (Lipinski definition) is 4. The van der Waals surface area contributed by atoms with E-state index in [1.165, 1.54) is 18.2 Å². The number of amides is 1. The van der Waals surface area contributed by atoms with Crippen molar-refractivity contribution in [1.29, 1.82) is 0 Å². The van der Waals surface area contributed by atoms with Gasteiger partial charge in [0.25, 0.3) is 5.91 Å². The first-order chi connectivity index (χ1) is 10.1. The Bertz CT molecular complexity index is 933. The minimum absolute atomic E-state index is 0.224. The monoisotopic (exact) mass is 281 g/mol. The fourth-order valence-corrected chi connectivity index (χ4v) is 2.99. The first kappa shape index (κ1) is 12.0. The molecule has 0 aliphatic carbocycles. The number of hydrogen-bond donors (Lipinski definition) is 2. The number of phenols is 2. The van der Waals surface area contributed by atoms with Crippen molar-refractivity contribution in [2.24, 2.45) is 0 Å². The second-order valence-electron chi connectivity index (χ2n) is 4.94. The van der Waals surface area contributed by atoms with Crippen molar-refractivity contribution < 1.29 is 19.8 Å².